The van der Waals surface area contributed by atoms with E-state index < -0.39 is 5.92 Å². The number of hydrogen-bond donors (Lipinski definition) is 3. The summed E-state index contributed by atoms with van der Waals surface area (Å²) in [5.41, 5.74) is 3.24. The van der Waals surface area contributed by atoms with Crippen LogP contribution >= 0.6 is 11.6 Å². The second-order valence-electron chi connectivity index (χ2n) is 15.3. The van der Waals surface area contributed by atoms with Crippen molar-refractivity contribution in [3.63, 3.8) is 0 Å². The summed E-state index contributed by atoms with van der Waals surface area (Å²) >= 11 is 6.55. The molecule has 3 N–H and O–H groups in total. The highest BCUT2D eigenvalue weighted by molar-refractivity contribution is 6.33. The highest BCUT2D eigenvalue weighted by Crippen LogP contribution is 2.33. The molecule has 3 fully saturated rings. The van der Waals surface area contributed by atoms with E-state index in [1.54, 1.807) is 23.0 Å². The number of urea groups is 1. The molecule has 8 rings (SSSR count). The Bertz CT molecular complexity index is 2560. The van der Waals surface area contributed by atoms with Crippen LogP contribution in [0.3, 0.4) is 0 Å². The smallest absolute Gasteiger partial charge is 0.320 e. The number of aromatic nitrogens is 6. The van der Waals surface area contributed by atoms with Crippen molar-refractivity contribution in [3.05, 3.63) is 63.8 Å². The number of hydrogen-bond acceptors (Lipinski definition) is 13. The first kappa shape index (κ1) is 40.3. The maximum absolute atomic E-state index is 13.7. The second kappa shape index (κ2) is 16.6. The van der Waals surface area contributed by atoms with Gasteiger partial charge < -0.3 is 35.0 Å². The zero-order valence-corrected chi connectivity index (χ0v) is 34.5. The number of nitrogens with zero attached hydrogens (tertiary/aromatic N) is 10. The molecule has 0 saturated carbocycles. The van der Waals surface area contributed by atoms with Crippen LogP contribution in [0.5, 0.6) is 5.75 Å². The molecule has 0 radical (unpaired) electrons. The van der Waals surface area contributed by atoms with Crippen LogP contribution in [0.1, 0.15) is 44.3 Å². The van der Waals surface area contributed by atoms with Crippen LogP contribution < -0.4 is 36.0 Å². The fraction of sp³-hybridized carbons (Fsp3) is 0.425. The fourth-order valence-corrected chi connectivity index (χ4v) is 8.08. The summed E-state index contributed by atoms with van der Waals surface area (Å²) in [6.45, 7) is 7.97. The number of piperazine rings is 2. The van der Waals surface area contributed by atoms with Crippen LogP contribution in [0.25, 0.3) is 21.9 Å². The lowest BCUT2D eigenvalue weighted by Gasteiger charge is -2.41. The molecule has 19 nitrogen and oxygen atoms in total. The second-order valence-corrected chi connectivity index (χ2v) is 15.7. The number of rotatable bonds is 9. The third-order valence-electron chi connectivity index (χ3n) is 11.2. The number of carbonyl (C=O) groups excluding carboxylic acids is 4. The van der Waals surface area contributed by atoms with E-state index in [0.29, 0.717) is 104 Å². The number of benzene rings is 1. The number of piperidine rings is 1. The van der Waals surface area contributed by atoms with Crippen LogP contribution in [0.15, 0.2) is 47.5 Å². The number of aryl methyl sites for hydroxylation is 1. The number of amides is 5. The molecular weight excluding hydrogens is 794 g/mol. The Kier molecular flexibility index (Phi) is 11.2. The quantitative estimate of drug-likeness (QED) is 0.183. The number of nitrogens with one attached hydrogen (secondary N) is 3. The van der Waals surface area contributed by atoms with Crippen molar-refractivity contribution < 1.29 is 23.9 Å². The van der Waals surface area contributed by atoms with Crippen LogP contribution in [-0.4, -0.2) is 129 Å². The van der Waals surface area contributed by atoms with E-state index in [9.17, 15) is 24.0 Å². The maximum Gasteiger partial charge on any atom is 0.320 e. The van der Waals surface area contributed by atoms with Crippen LogP contribution in [-0.2, 0) is 21.4 Å². The van der Waals surface area contributed by atoms with Crippen molar-refractivity contribution >= 4 is 80.4 Å². The van der Waals surface area contributed by atoms with Gasteiger partial charge in [0.1, 0.15) is 10.7 Å². The van der Waals surface area contributed by atoms with Gasteiger partial charge in [-0.1, -0.05) is 11.6 Å². The number of anilines is 4. The molecule has 1 unspecified atom stereocenters. The van der Waals surface area contributed by atoms with Gasteiger partial charge in [-0.3, -0.25) is 33.7 Å². The van der Waals surface area contributed by atoms with E-state index in [1.165, 1.54) is 17.8 Å². The lowest BCUT2D eigenvalue weighted by molar-refractivity contribution is -0.134. The van der Waals surface area contributed by atoms with Gasteiger partial charge in [0.15, 0.2) is 18.2 Å². The Labute approximate surface area is 349 Å². The highest BCUT2D eigenvalue weighted by atomic mass is 35.5. The van der Waals surface area contributed by atoms with Crippen molar-refractivity contribution in [2.45, 2.75) is 38.6 Å². The summed E-state index contributed by atoms with van der Waals surface area (Å²) in [5, 5.41) is 14.6. The maximum atomic E-state index is 13.7. The molecule has 4 aromatic heterocycles. The van der Waals surface area contributed by atoms with E-state index in [2.05, 4.69) is 42.0 Å². The van der Waals surface area contributed by atoms with Crippen LogP contribution in [0.4, 0.5) is 27.9 Å². The first-order valence-corrected chi connectivity index (χ1v) is 20.3. The summed E-state index contributed by atoms with van der Waals surface area (Å²) < 4.78 is 8.88. The van der Waals surface area contributed by atoms with Gasteiger partial charge in [-0.05, 0) is 50.6 Å². The van der Waals surface area contributed by atoms with Gasteiger partial charge in [0.05, 0.1) is 35.2 Å². The molecule has 5 aromatic rings. The molecule has 0 bridgehead atoms. The van der Waals surface area contributed by atoms with Crippen molar-refractivity contribution in [2.75, 3.05) is 81.1 Å². The summed E-state index contributed by atoms with van der Waals surface area (Å²) in [5.74, 6) is -0.521. The topological polar surface area (TPSA) is 205 Å². The minimum atomic E-state index is -0.462. The zero-order valence-electron chi connectivity index (χ0n) is 33.8. The standard InChI is InChI=1S/C40H46ClN13O6/c1-23(2)54-36-24(18-31(38(54)58)60-22-33(56)42-3)17-25(20-43-36)45-35-29(41)21-44-39(47-35)51-11-15-53(16-12-51)40(59)52-13-9-50(10-14-52)26-5-6-27-30(19-26)49(4)48-34(27)28-7-8-32(55)46-37(28)57/h5-6,17-21,23,28H,7-16,22H2,1-4H3,(H,42,56)(H,44,45,47)(H,46,55,57). The van der Waals surface area contributed by atoms with E-state index in [4.69, 9.17) is 21.3 Å². The lowest BCUT2D eigenvalue weighted by atomic mass is 9.93. The number of imide groups is 1. The molecule has 314 valence electrons. The molecule has 7 heterocycles. The lowest BCUT2D eigenvalue weighted by Crippen LogP contribution is -2.57. The van der Waals surface area contributed by atoms with Gasteiger partial charge in [0, 0.05) is 95.4 Å². The molecule has 0 aliphatic carbocycles. The summed E-state index contributed by atoms with van der Waals surface area (Å²) in [6.07, 6.45) is 3.86. The number of fused-ring (bicyclic) bond motifs is 2. The third kappa shape index (κ3) is 7.95. The average Bonchev–Trinajstić information content (AvgIpc) is 3.58. The van der Waals surface area contributed by atoms with Gasteiger partial charge in [0.2, 0.25) is 17.8 Å². The van der Waals surface area contributed by atoms with Gasteiger partial charge >= 0.3 is 6.03 Å². The van der Waals surface area contributed by atoms with Crippen molar-refractivity contribution in [1.29, 1.82) is 0 Å². The van der Waals surface area contributed by atoms with Gasteiger partial charge in [-0.25, -0.2) is 14.8 Å². The first-order chi connectivity index (χ1) is 28.9. The normalized spacial score (nSPS) is 17.4. The molecule has 1 atom stereocenters. The summed E-state index contributed by atoms with van der Waals surface area (Å²) in [4.78, 5) is 84.8. The van der Waals surface area contributed by atoms with E-state index in [1.807, 2.05) is 47.7 Å². The largest absolute Gasteiger partial charge is 0.478 e. The Morgan fingerprint density at radius 2 is 1.67 bits per heavy atom. The molecule has 3 aliphatic rings. The van der Waals surface area contributed by atoms with Crippen molar-refractivity contribution in [1.82, 2.24) is 49.7 Å². The highest BCUT2D eigenvalue weighted by Gasteiger charge is 2.33. The number of pyridine rings is 2. The predicted octanol–water partition coefficient (Wildman–Crippen LogP) is 2.76. The molecule has 60 heavy (non-hydrogen) atoms. The monoisotopic (exact) mass is 839 g/mol. The van der Waals surface area contributed by atoms with Crippen molar-refractivity contribution in [3.8, 4) is 5.75 Å². The molecule has 3 saturated heterocycles. The van der Waals surface area contributed by atoms with Gasteiger partial charge in [-0.2, -0.15) is 10.1 Å². The summed E-state index contributed by atoms with van der Waals surface area (Å²) in [6, 6.07) is 9.24. The Morgan fingerprint density at radius 1 is 0.950 bits per heavy atom. The van der Waals surface area contributed by atoms with Gasteiger partial charge in [-0.15, -0.1) is 0 Å². The third-order valence-corrected chi connectivity index (χ3v) is 11.4. The van der Waals surface area contributed by atoms with Crippen molar-refractivity contribution in [2.24, 2.45) is 7.05 Å². The molecule has 1 aromatic carbocycles. The van der Waals surface area contributed by atoms with Crippen LogP contribution in [0.2, 0.25) is 5.02 Å². The number of likely N-dealkylation sites (N-methyl/N-ethyl adjacent to an activating group) is 1. The van der Waals surface area contributed by atoms with E-state index >= 15 is 0 Å². The average molecular weight is 840 g/mol. The van der Waals surface area contributed by atoms with Crippen LogP contribution in [0, 0.1) is 0 Å². The van der Waals surface area contributed by atoms with E-state index in [-0.39, 0.29) is 47.7 Å². The number of ether oxygens (including phenoxy) is 1. The zero-order chi connectivity index (χ0) is 42.2. The molecule has 0 spiro atoms. The fourth-order valence-electron chi connectivity index (χ4n) is 7.94. The Balaban J connectivity index is 0.879. The Morgan fingerprint density at radius 3 is 2.35 bits per heavy atom. The molecule has 20 heteroatoms. The van der Waals surface area contributed by atoms with E-state index in [0.717, 1.165) is 16.6 Å². The minimum absolute atomic E-state index is 0.00136. The Hall–Kier alpha value is -6.50. The molecule has 5 amide bonds. The number of halogens is 1. The summed E-state index contributed by atoms with van der Waals surface area (Å²) in [7, 11) is 3.35. The van der Waals surface area contributed by atoms with Gasteiger partial charge in [0.25, 0.3) is 11.5 Å². The SMILES string of the molecule is CNC(=O)COc1cc2cc(Nc3nc(N4CCN(C(=O)N5CCN(c6ccc7c(C8CCC(=O)NC8=O)nn(C)c7c6)CC5)CC4)ncc3Cl)cnc2n(C(C)C)c1=O. The molecule has 3 aliphatic heterocycles. The minimum Gasteiger partial charge on any atom is -0.478 e. The number of carbonyl (C=O) groups is 4. The predicted molar refractivity (Wildman–Crippen MR) is 225 cm³/mol. The molecular formula is C40H46ClN13O6. The first-order valence-electron chi connectivity index (χ1n) is 19.9.